The van der Waals surface area contributed by atoms with Gasteiger partial charge in [-0.15, -0.1) is 0 Å². The second-order valence-corrected chi connectivity index (χ2v) is 7.75. The summed E-state index contributed by atoms with van der Waals surface area (Å²) in [4.78, 5) is 27.5. The fraction of sp³-hybridized carbons (Fsp3) is 0.600. The monoisotopic (exact) mass is 398 g/mol. The first-order valence-corrected chi connectivity index (χ1v) is 9.90. The van der Waals surface area contributed by atoms with Crippen molar-refractivity contribution in [1.29, 1.82) is 0 Å². The van der Waals surface area contributed by atoms with E-state index in [-0.39, 0.29) is 18.1 Å². The molecule has 1 aliphatic carbocycles. The number of carbonyl (C=O) groups excluding carboxylic acids is 2. The molecule has 0 aromatic heterocycles. The van der Waals surface area contributed by atoms with Gasteiger partial charge in [-0.2, -0.15) is 13.2 Å². The summed E-state index contributed by atoms with van der Waals surface area (Å²) in [6, 6.07) is 4.98. The van der Waals surface area contributed by atoms with Crippen molar-refractivity contribution >= 4 is 17.5 Å². The summed E-state index contributed by atoms with van der Waals surface area (Å²) in [5, 5.41) is 2.39. The number of nitrogens with zero attached hydrogens (tertiary/aromatic N) is 1. The summed E-state index contributed by atoms with van der Waals surface area (Å²) in [7, 11) is 0. The van der Waals surface area contributed by atoms with Crippen molar-refractivity contribution in [3.63, 3.8) is 0 Å². The highest BCUT2D eigenvalue weighted by Crippen LogP contribution is 2.34. The summed E-state index contributed by atoms with van der Waals surface area (Å²) in [5.74, 6) is 0.254. The third kappa shape index (κ3) is 5.47. The Labute approximate surface area is 162 Å². The van der Waals surface area contributed by atoms with Crippen LogP contribution in [0.4, 0.5) is 18.9 Å². The minimum Gasteiger partial charge on any atom is -0.331 e. The zero-order chi connectivity index (χ0) is 20.1. The number of anilines is 1. The zero-order valence-electron chi connectivity index (χ0n) is 15.9. The highest BCUT2D eigenvalue weighted by atomic mass is 19.4. The summed E-state index contributed by atoms with van der Waals surface area (Å²) in [5.41, 5.74) is -1.06. The highest BCUT2D eigenvalue weighted by molar-refractivity contribution is 5.92. The number of piperazine rings is 1. The quantitative estimate of drug-likeness (QED) is 0.797. The molecular weight excluding hydrogens is 371 g/mol. The standard InChI is InChI=1S/C20H26F3N3O2/c21-20(22,23)16-7-3-4-8-17(16)24-18(27)14-25-9-11-26(12-10-25)19(28)13-15-5-1-2-6-15/h3-4,7-8,15H,1-2,5-6,9-14H2,(H,24,27)/p+1. The maximum Gasteiger partial charge on any atom is 0.418 e. The second-order valence-electron chi connectivity index (χ2n) is 7.75. The van der Waals surface area contributed by atoms with Gasteiger partial charge in [0.2, 0.25) is 5.91 Å². The molecular formula is C20H27F3N3O2+. The molecule has 1 aliphatic heterocycles. The number of hydrogen-bond donors (Lipinski definition) is 2. The molecule has 1 saturated heterocycles. The summed E-state index contributed by atoms with van der Waals surface area (Å²) < 4.78 is 39.1. The Bertz CT molecular complexity index is 694. The Morgan fingerprint density at radius 3 is 2.39 bits per heavy atom. The highest BCUT2D eigenvalue weighted by Gasteiger charge is 2.34. The van der Waals surface area contributed by atoms with Crippen LogP contribution >= 0.6 is 0 Å². The van der Waals surface area contributed by atoms with Gasteiger partial charge in [0.25, 0.3) is 5.91 Å². The lowest BCUT2D eigenvalue weighted by molar-refractivity contribution is -0.895. The summed E-state index contributed by atoms with van der Waals surface area (Å²) in [6.45, 7) is 2.53. The maximum absolute atomic E-state index is 13.0. The molecule has 8 heteroatoms. The van der Waals surface area contributed by atoms with Crippen LogP contribution in [0.25, 0.3) is 0 Å². The van der Waals surface area contributed by atoms with Crippen molar-refractivity contribution < 1.29 is 27.7 Å². The first kappa shape index (κ1) is 20.6. The van der Waals surface area contributed by atoms with Gasteiger partial charge in [0.15, 0.2) is 6.54 Å². The largest absolute Gasteiger partial charge is 0.418 e. The molecule has 1 aromatic carbocycles. The first-order chi connectivity index (χ1) is 13.3. The lowest BCUT2D eigenvalue weighted by Crippen LogP contribution is -3.15. The van der Waals surface area contributed by atoms with Crippen LogP contribution in [0.2, 0.25) is 0 Å². The van der Waals surface area contributed by atoms with Crippen LogP contribution in [0.15, 0.2) is 24.3 Å². The Morgan fingerprint density at radius 2 is 1.75 bits per heavy atom. The predicted octanol–water partition coefficient (Wildman–Crippen LogP) is 1.95. The van der Waals surface area contributed by atoms with Gasteiger partial charge in [-0.25, -0.2) is 0 Å². The van der Waals surface area contributed by atoms with Crippen molar-refractivity contribution in [2.75, 3.05) is 38.0 Å². The number of alkyl halides is 3. The van der Waals surface area contributed by atoms with Crippen LogP contribution in [0, 0.1) is 5.92 Å². The number of nitrogens with one attached hydrogen (secondary N) is 2. The van der Waals surface area contributed by atoms with Crippen LogP contribution in [-0.4, -0.2) is 49.4 Å². The normalized spacial score (nSPS) is 19.0. The minimum atomic E-state index is -4.51. The van der Waals surface area contributed by atoms with Crippen molar-refractivity contribution in [3.05, 3.63) is 29.8 Å². The maximum atomic E-state index is 13.0. The first-order valence-electron chi connectivity index (χ1n) is 9.90. The zero-order valence-corrected chi connectivity index (χ0v) is 15.9. The molecule has 2 amide bonds. The average molecular weight is 398 g/mol. The molecule has 0 spiro atoms. The van der Waals surface area contributed by atoms with Crippen LogP contribution in [0.5, 0.6) is 0 Å². The van der Waals surface area contributed by atoms with Crippen LogP contribution in [-0.2, 0) is 15.8 Å². The van der Waals surface area contributed by atoms with Crippen molar-refractivity contribution in [3.8, 4) is 0 Å². The van der Waals surface area contributed by atoms with E-state index in [1.54, 1.807) is 0 Å². The molecule has 0 atom stereocenters. The topological polar surface area (TPSA) is 53.9 Å². The van der Waals surface area contributed by atoms with E-state index < -0.39 is 17.6 Å². The van der Waals surface area contributed by atoms with Gasteiger partial charge in [-0.1, -0.05) is 25.0 Å². The number of carbonyl (C=O) groups is 2. The number of hydrogen-bond acceptors (Lipinski definition) is 2. The Morgan fingerprint density at radius 1 is 1.11 bits per heavy atom. The van der Waals surface area contributed by atoms with E-state index >= 15 is 0 Å². The van der Waals surface area contributed by atoms with E-state index in [0.717, 1.165) is 23.8 Å². The second kappa shape index (κ2) is 8.94. The predicted molar refractivity (Wildman–Crippen MR) is 98.8 cm³/mol. The number of para-hydroxylation sites is 1. The van der Waals surface area contributed by atoms with Crippen molar-refractivity contribution in [2.24, 2.45) is 5.92 Å². The fourth-order valence-electron chi connectivity index (χ4n) is 4.10. The molecule has 0 radical (unpaired) electrons. The van der Waals surface area contributed by atoms with Gasteiger partial charge in [-0.3, -0.25) is 9.59 Å². The minimum absolute atomic E-state index is 0.0941. The van der Waals surface area contributed by atoms with Crippen LogP contribution in [0.3, 0.4) is 0 Å². The number of quaternary nitrogens is 1. The molecule has 2 aliphatic rings. The molecule has 5 nitrogen and oxygen atoms in total. The summed E-state index contributed by atoms with van der Waals surface area (Å²) in [6.07, 6.45) is 0.796. The third-order valence-electron chi connectivity index (χ3n) is 5.68. The molecule has 1 saturated carbocycles. The van der Waals surface area contributed by atoms with E-state index in [9.17, 15) is 22.8 Å². The van der Waals surface area contributed by atoms with Gasteiger partial charge >= 0.3 is 6.18 Å². The number of halogens is 3. The lowest BCUT2D eigenvalue weighted by atomic mass is 10.0. The Kier molecular flexibility index (Phi) is 6.59. The molecule has 28 heavy (non-hydrogen) atoms. The SMILES string of the molecule is O=C(C[NH+]1CCN(C(=O)CC2CCCC2)CC1)Nc1ccccc1C(F)(F)F. The Balaban J connectivity index is 1.46. The molecule has 154 valence electrons. The molecule has 0 bridgehead atoms. The molecule has 1 aromatic rings. The van der Waals surface area contributed by atoms with E-state index in [1.165, 1.54) is 31.0 Å². The average Bonchev–Trinajstić information content (AvgIpc) is 3.14. The van der Waals surface area contributed by atoms with Gasteiger partial charge in [-0.05, 0) is 30.9 Å². The number of benzene rings is 1. The lowest BCUT2D eigenvalue weighted by Gasteiger charge is -2.32. The molecule has 3 rings (SSSR count). The van der Waals surface area contributed by atoms with Crippen LogP contribution < -0.4 is 10.2 Å². The van der Waals surface area contributed by atoms with Gasteiger partial charge in [0.1, 0.15) is 0 Å². The van der Waals surface area contributed by atoms with Crippen molar-refractivity contribution in [1.82, 2.24) is 4.90 Å². The molecule has 0 unspecified atom stereocenters. The number of amides is 2. The molecule has 2 fully saturated rings. The fourth-order valence-corrected chi connectivity index (χ4v) is 4.10. The summed E-state index contributed by atoms with van der Waals surface area (Å²) >= 11 is 0. The van der Waals surface area contributed by atoms with Gasteiger partial charge in [0, 0.05) is 6.42 Å². The Hall–Kier alpha value is -2.09. The van der Waals surface area contributed by atoms with E-state index in [0.29, 0.717) is 38.5 Å². The van der Waals surface area contributed by atoms with E-state index in [4.69, 9.17) is 0 Å². The smallest absolute Gasteiger partial charge is 0.331 e. The van der Waals surface area contributed by atoms with E-state index in [2.05, 4.69) is 5.32 Å². The molecule has 1 heterocycles. The van der Waals surface area contributed by atoms with E-state index in [1.807, 2.05) is 4.90 Å². The van der Waals surface area contributed by atoms with Crippen molar-refractivity contribution in [2.45, 2.75) is 38.3 Å². The molecule has 2 N–H and O–H groups in total. The van der Waals surface area contributed by atoms with Crippen LogP contribution in [0.1, 0.15) is 37.7 Å². The van der Waals surface area contributed by atoms with Gasteiger partial charge in [0.05, 0.1) is 37.4 Å². The third-order valence-corrected chi connectivity index (χ3v) is 5.68. The van der Waals surface area contributed by atoms with Gasteiger partial charge < -0.3 is 15.1 Å². The number of rotatable bonds is 5.